The third-order valence-electron chi connectivity index (χ3n) is 3.52. The quantitative estimate of drug-likeness (QED) is 0.921. The number of carbonyl (C=O) groups is 1. The van der Waals surface area contributed by atoms with Crippen LogP contribution >= 0.6 is 0 Å². The number of carbonyl (C=O) groups excluding carboxylic acids is 1. The van der Waals surface area contributed by atoms with Gasteiger partial charge in [0.2, 0.25) is 5.91 Å². The van der Waals surface area contributed by atoms with Crippen LogP contribution in [0, 0.1) is 0 Å². The Morgan fingerprint density at radius 1 is 1.30 bits per heavy atom. The minimum atomic E-state index is -4.33. The van der Waals surface area contributed by atoms with Gasteiger partial charge in [0.05, 0.1) is 23.8 Å². The zero-order valence-electron chi connectivity index (χ0n) is 12.3. The van der Waals surface area contributed by atoms with Crippen LogP contribution in [0.15, 0.2) is 24.8 Å². The molecule has 1 aliphatic rings. The molecule has 1 atom stereocenters. The first-order valence-electron chi connectivity index (χ1n) is 6.97. The molecule has 3 rings (SSSR count). The fourth-order valence-electron chi connectivity index (χ4n) is 2.53. The molecule has 1 aliphatic heterocycles. The molecule has 2 aromatic rings. The lowest BCUT2D eigenvalue weighted by Gasteiger charge is -2.15. The predicted molar refractivity (Wildman–Crippen MR) is 75.9 cm³/mol. The molecule has 1 N–H and O–H groups in total. The predicted octanol–water partition coefficient (Wildman–Crippen LogP) is 1.40. The summed E-state index contributed by atoms with van der Waals surface area (Å²) in [5, 5.41) is 10.6. The number of rotatable bonds is 4. The highest BCUT2D eigenvalue weighted by Crippen LogP contribution is 2.23. The lowest BCUT2D eigenvalue weighted by atomic mass is 10.2. The van der Waals surface area contributed by atoms with Crippen LogP contribution in [-0.4, -0.2) is 44.2 Å². The Morgan fingerprint density at radius 2 is 2.09 bits per heavy atom. The zero-order valence-corrected chi connectivity index (χ0v) is 12.3. The Hall–Kier alpha value is -2.52. The third kappa shape index (κ3) is 3.46. The first-order chi connectivity index (χ1) is 10.8. The van der Waals surface area contributed by atoms with Crippen molar-refractivity contribution < 1.29 is 18.0 Å². The van der Waals surface area contributed by atoms with Crippen molar-refractivity contribution in [3.63, 3.8) is 0 Å². The average molecular weight is 328 g/mol. The molecule has 0 aromatic carbocycles. The summed E-state index contributed by atoms with van der Waals surface area (Å²) in [6.45, 7) is -0.631. The molecule has 23 heavy (non-hydrogen) atoms. The van der Waals surface area contributed by atoms with Crippen LogP contribution in [0.3, 0.4) is 0 Å². The third-order valence-corrected chi connectivity index (χ3v) is 3.52. The topological polar surface area (TPSA) is 68.0 Å². The smallest absolute Gasteiger partial charge is 0.371 e. The summed E-state index contributed by atoms with van der Waals surface area (Å²) in [6.07, 6.45) is 2.09. The maximum Gasteiger partial charge on any atom is 0.408 e. The maximum absolute atomic E-state index is 12.4. The van der Waals surface area contributed by atoms with Crippen LogP contribution < -0.4 is 10.2 Å². The summed E-state index contributed by atoms with van der Waals surface area (Å²) >= 11 is 0. The average Bonchev–Trinajstić information content (AvgIpc) is 3.12. The molecule has 3 heterocycles. The molecule has 1 amide bonds. The van der Waals surface area contributed by atoms with Gasteiger partial charge in [0, 0.05) is 26.0 Å². The van der Waals surface area contributed by atoms with E-state index in [1.165, 1.54) is 12.4 Å². The fourth-order valence-corrected chi connectivity index (χ4v) is 2.53. The van der Waals surface area contributed by atoms with Gasteiger partial charge >= 0.3 is 6.18 Å². The van der Waals surface area contributed by atoms with E-state index in [-0.39, 0.29) is 5.91 Å². The van der Waals surface area contributed by atoms with E-state index in [1.54, 1.807) is 29.0 Å². The number of alkyl halides is 3. The minimum absolute atomic E-state index is 0.137. The Bertz CT molecular complexity index is 707. The highest BCUT2D eigenvalue weighted by molar-refractivity contribution is 6.00. The molecule has 1 unspecified atom stereocenters. The molecule has 1 fully saturated rings. The van der Waals surface area contributed by atoms with Gasteiger partial charge in [0.25, 0.3) is 0 Å². The van der Waals surface area contributed by atoms with Crippen LogP contribution in [0.4, 0.5) is 24.5 Å². The highest BCUT2D eigenvalue weighted by atomic mass is 19.4. The lowest BCUT2D eigenvalue weighted by Crippen LogP contribution is -2.33. The van der Waals surface area contributed by atoms with Crippen LogP contribution in [0.5, 0.6) is 0 Å². The van der Waals surface area contributed by atoms with Crippen molar-refractivity contribution in [3.05, 3.63) is 24.8 Å². The molecule has 0 bridgehead atoms. The van der Waals surface area contributed by atoms with Crippen molar-refractivity contribution in [3.8, 4) is 0 Å². The summed E-state index contributed by atoms with van der Waals surface area (Å²) in [7, 11) is 1.76. The van der Waals surface area contributed by atoms with E-state index >= 15 is 0 Å². The van der Waals surface area contributed by atoms with E-state index in [0.29, 0.717) is 24.3 Å². The first-order valence-corrected chi connectivity index (χ1v) is 6.97. The fraction of sp³-hybridized carbons (Fsp3) is 0.462. The van der Waals surface area contributed by atoms with Gasteiger partial charge in [-0.15, -0.1) is 0 Å². The molecule has 7 nitrogen and oxygen atoms in total. The van der Waals surface area contributed by atoms with Gasteiger partial charge in [-0.2, -0.15) is 23.4 Å². The Labute approximate surface area is 129 Å². The number of anilines is 2. The molecule has 0 radical (unpaired) electrons. The van der Waals surface area contributed by atoms with Gasteiger partial charge in [0.1, 0.15) is 12.6 Å². The van der Waals surface area contributed by atoms with Crippen molar-refractivity contribution in [2.45, 2.75) is 25.2 Å². The normalized spacial score (nSPS) is 18.7. The lowest BCUT2D eigenvalue weighted by molar-refractivity contribution is -0.142. The zero-order chi connectivity index (χ0) is 16.6. The Balaban J connectivity index is 1.64. The van der Waals surface area contributed by atoms with Crippen molar-refractivity contribution in [1.82, 2.24) is 19.6 Å². The summed E-state index contributed by atoms with van der Waals surface area (Å²) in [6, 6.07) is -0.487. The second-order valence-corrected chi connectivity index (χ2v) is 5.39. The van der Waals surface area contributed by atoms with Gasteiger partial charge in [-0.1, -0.05) is 0 Å². The number of amides is 1. The molecular formula is C13H15F3N6O. The van der Waals surface area contributed by atoms with Gasteiger partial charge in [-0.05, 0) is 6.42 Å². The number of aromatic nitrogens is 4. The van der Waals surface area contributed by atoms with Crippen LogP contribution in [-0.2, 0) is 18.4 Å². The molecule has 0 aliphatic carbocycles. The minimum Gasteiger partial charge on any atom is -0.371 e. The summed E-state index contributed by atoms with van der Waals surface area (Å²) in [5.41, 5.74) is 1.09. The summed E-state index contributed by atoms with van der Waals surface area (Å²) in [4.78, 5) is 14.0. The number of hydrogen-bond donors (Lipinski definition) is 1. The van der Waals surface area contributed by atoms with Crippen LogP contribution in [0.2, 0.25) is 0 Å². The maximum atomic E-state index is 12.4. The van der Waals surface area contributed by atoms with Gasteiger partial charge in [-0.3, -0.25) is 14.2 Å². The van der Waals surface area contributed by atoms with Crippen molar-refractivity contribution in [2.75, 3.05) is 16.8 Å². The number of aryl methyl sites for hydroxylation is 1. The Morgan fingerprint density at radius 3 is 2.74 bits per heavy atom. The van der Waals surface area contributed by atoms with Crippen molar-refractivity contribution >= 4 is 17.3 Å². The van der Waals surface area contributed by atoms with Gasteiger partial charge in [-0.25, -0.2) is 0 Å². The molecule has 0 saturated carbocycles. The second-order valence-electron chi connectivity index (χ2n) is 5.39. The number of nitrogens with zero attached hydrogens (tertiary/aromatic N) is 5. The number of nitrogens with one attached hydrogen (secondary N) is 1. The highest BCUT2D eigenvalue weighted by Gasteiger charge is 2.33. The van der Waals surface area contributed by atoms with Crippen LogP contribution in [0.1, 0.15) is 6.42 Å². The van der Waals surface area contributed by atoms with Gasteiger partial charge in [0.15, 0.2) is 0 Å². The molecule has 10 heteroatoms. The van der Waals surface area contributed by atoms with E-state index < -0.39 is 18.8 Å². The van der Waals surface area contributed by atoms with E-state index in [9.17, 15) is 18.0 Å². The SMILES string of the molecule is Cn1cc(N2CCC(Nc3cnn(CC(F)(F)F)c3)C2=O)cn1. The molecular weight excluding hydrogens is 313 g/mol. The summed E-state index contributed by atoms with van der Waals surface area (Å²) < 4.78 is 39.3. The van der Waals surface area contributed by atoms with E-state index in [2.05, 4.69) is 15.5 Å². The molecule has 0 spiro atoms. The second kappa shape index (κ2) is 5.60. The van der Waals surface area contributed by atoms with Crippen molar-refractivity contribution in [1.29, 1.82) is 0 Å². The Kier molecular flexibility index (Phi) is 3.74. The van der Waals surface area contributed by atoms with E-state index in [4.69, 9.17) is 0 Å². The molecule has 124 valence electrons. The number of halogens is 3. The van der Waals surface area contributed by atoms with E-state index in [0.717, 1.165) is 4.68 Å². The van der Waals surface area contributed by atoms with Gasteiger partial charge < -0.3 is 10.2 Å². The van der Waals surface area contributed by atoms with Crippen LogP contribution in [0.25, 0.3) is 0 Å². The molecule has 2 aromatic heterocycles. The standard InChI is InChI=1S/C13H15F3N6O/c1-20-7-10(5-17-20)22-3-2-11(12(22)23)19-9-4-18-21(6-9)8-13(14,15)16/h4-7,11,19H,2-3,8H2,1H3. The first kappa shape index (κ1) is 15.4. The van der Waals surface area contributed by atoms with E-state index in [1.807, 2.05) is 0 Å². The van der Waals surface area contributed by atoms with Crippen molar-refractivity contribution in [2.24, 2.45) is 7.05 Å². The largest absolute Gasteiger partial charge is 0.408 e. The summed E-state index contributed by atoms with van der Waals surface area (Å²) in [5.74, 6) is -0.137. The number of hydrogen-bond acceptors (Lipinski definition) is 4. The monoisotopic (exact) mass is 328 g/mol. The molecule has 1 saturated heterocycles.